The van der Waals surface area contributed by atoms with E-state index in [1.165, 1.54) is 6.20 Å². The lowest BCUT2D eigenvalue weighted by Gasteiger charge is -2.19. The molecule has 7 nitrogen and oxygen atoms in total. The van der Waals surface area contributed by atoms with Gasteiger partial charge in [0.25, 0.3) is 5.91 Å². The van der Waals surface area contributed by atoms with Crippen LogP contribution >= 0.6 is 24.8 Å². The zero-order valence-electron chi connectivity index (χ0n) is 16.1. The third-order valence-corrected chi connectivity index (χ3v) is 4.86. The van der Waals surface area contributed by atoms with E-state index >= 15 is 0 Å². The average Bonchev–Trinajstić information content (AvgIpc) is 3.18. The molecule has 1 heterocycles. The van der Waals surface area contributed by atoms with Crippen LogP contribution in [0, 0.1) is 11.8 Å². The molecule has 0 aliphatic heterocycles. The quantitative estimate of drug-likeness (QED) is 0.637. The van der Waals surface area contributed by atoms with E-state index in [9.17, 15) is 9.59 Å². The van der Waals surface area contributed by atoms with Crippen LogP contribution in [0.3, 0.4) is 0 Å². The van der Waals surface area contributed by atoms with E-state index in [-0.39, 0.29) is 54.2 Å². The van der Waals surface area contributed by atoms with Crippen molar-refractivity contribution in [2.75, 3.05) is 18.9 Å². The number of hydrogen-bond donors (Lipinski definition) is 3. The fourth-order valence-electron chi connectivity index (χ4n) is 3.40. The number of halogens is 2. The lowest BCUT2D eigenvalue weighted by Crippen LogP contribution is -2.29. The Bertz CT molecular complexity index is 835. The first-order valence-corrected chi connectivity index (χ1v) is 9.08. The Morgan fingerprint density at radius 2 is 1.97 bits per heavy atom. The van der Waals surface area contributed by atoms with Crippen molar-refractivity contribution in [2.45, 2.75) is 19.3 Å². The molecule has 1 aliphatic rings. The van der Waals surface area contributed by atoms with Crippen LogP contribution < -0.4 is 21.1 Å². The maximum atomic E-state index is 12.7. The molecule has 0 radical (unpaired) electrons. The van der Waals surface area contributed by atoms with Gasteiger partial charge in [-0.3, -0.25) is 14.6 Å². The molecular weight excluding hydrogens is 415 g/mol. The molecule has 3 rings (SSSR count). The van der Waals surface area contributed by atoms with E-state index in [2.05, 4.69) is 15.6 Å². The highest BCUT2D eigenvalue weighted by Gasteiger charge is 2.32. The molecule has 0 unspecified atom stereocenters. The monoisotopic (exact) mass is 440 g/mol. The highest BCUT2D eigenvalue weighted by molar-refractivity contribution is 5.94. The lowest BCUT2D eigenvalue weighted by atomic mass is 9.95. The van der Waals surface area contributed by atoms with Crippen molar-refractivity contribution >= 4 is 42.3 Å². The standard InChI is InChI=1S/C20H24N4O3.2ClH/c1-22-20(26)17-11-14(9-10-23-17)27-18-8-3-2-7-16(18)24-19(25)15-6-4-5-13(15)12-21;;/h2-3,7-11,13,15H,4-6,12,21H2,1H3,(H,22,26)(H,24,25);2*1H/t13-,15-;;/m1../s1. The second-order valence-corrected chi connectivity index (χ2v) is 6.58. The number of nitrogens with two attached hydrogens (primary N) is 1. The van der Waals surface area contributed by atoms with Crippen LogP contribution in [0.4, 0.5) is 5.69 Å². The van der Waals surface area contributed by atoms with Gasteiger partial charge in [-0.25, -0.2) is 0 Å². The number of carbonyl (C=O) groups is 2. The fourth-order valence-corrected chi connectivity index (χ4v) is 3.40. The number of carbonyl (C=O) groups excluding carboxylic acids is 2. The molecule has 2 atom stereocenters. The zero-order valence-corrected chi connectivity index (χ0v) is 17.7. The third-order valence-electron chi connectivity index (χ3n) is 4.86. The number of anilines is 1. The minimum atomic E-state index is -0.295. The molecule has 1 saturated carbocycles. The number of pyridine rings is 1. The molecule has 4 N–H and O–H groups in total. The number of benzene rings is 1. The summed E-state index contributed by atoms with van der Waals surface area (Å²) >= 11 is 0. The molecule has 1 aromatic carbocycles. The van der Waals surface area contributed by atoms with Gasteiger partial charge in [0.15, 0.2) is 5.75 Å². The largest absolute Gasteiger partial charge is 0.455 e. The van der Waals surface area contributed by atoms with Crippen molar-refractivity contribution in [3.63, 3.8) is 0 Å². The Morgan fingerprint density at radius 1 is 1.21 bits per heavy atom. The van der Waals surface area contributed by atoms with Crippen LogP contribution in [0.25, 0.3) is 0 Å². The van der Waals surface area contributed by atoms with E-state index in [0.29, 0.717) is 23.7 Å². The Balaban J connectivity index is 0.00000210. The smallest absolute Gasteiger partial charge is 0.269 e. The van der Waals surface area contributed by atoms with Crippen LogP contribution in [-0.4, -0.2) is 30.4 Å². The van der Waals surface area contributed by atoms with Gasteiger partial charge in [0.05, 0.1) is 5.69 Å². The van der Waals surface area contributed by atoms with Gasteiger partial charge in [-0.15, -0.1) is 24.8 Å². The van der Waals surface area contributed by atoms with Crippen LogP contribution in [0.1, 0.15) is 29.8 Å². The molecule has 158 valence electrons. The van der Waals surface area contributed by atoms with E-state index in [4.69, 9.17) is 10.5 Å². The minimum Gasteiger partial charge on any atom is -0.455 e. The summed E-state index contributed by atoms with van der Waals surface area (Å²) in [6, 6.07) is 10.4. The van der Waals surface area contributed by atoms with Crippen LogP contribution in [0.2, 0.25) is 0 Å². The number of para-hydroxylation sites is 2. The molecule has 1 aliphatic carbocycles. The molecule has 0 saturated heterocycles. The fraction of sp³-hybridized carbons (Fsp3) is 0.350. The first-order valence-electron chi connectivity index (χ1n) is 9.08. The van der Waals surface area contributed by atoms with Gasteiger partial charge in [0.1, 0.15) is 11.4 Å². The second-order valence-electron chi connectivity index (χ2n) is 6.58. The molecule has 2 aromatic rings. The average molecular weight is 441 g/mol. The van der Waals surface area contributed by atoms with E-state index in [1.54, 1.807) is 31.3 Å². The predicted octanol–water partition coefficient (Wildman–Crippen LogP) is 3.39. The number of nitrogens with one attached hydrogen (secondary N) is 2. The number of hydrogen-bond acceptors (Lipinski definition) is 5. The van der Waals surface area contributed by atoms with E-state index in [0.717, 1.165) is 19.3 Å². The number of nitrogens with zero attached hydrogens (tertiary/aromatic N) is 1. The topological polar surface area (TPSA) is 106 Å². The van der Waals surface area contributed by atoms with Gasteiger partial charge in [0.2, 0.25) is 5.91 Å². The second kappa shape index (κ2) is 11.6. The maximum absolute atomic E-state index is 12.7. The Hall–Kier alpha value is -2.35. The minimum absolute atomic E-state index is 0. The van der Waals surface area contributed by atoms with Crippen molar-refractivity contribution in [1.82, 2.24) is 10.3 Å². The van der Waals surface area contributed by atoms with Crippen molar-refractivity contribution < 1.29 is 14.3 Å². The van der Waals surface area contributed by atoms with Crippen molar-refractivity contribution in [2.24, 2.45) is 17.6 Å². The highest BCUT2D eigenvalue weighted by Crippen LogP contribution is 2.34. The van der Waals surface area contributed by atoms with Crippen molar-refractivity contribution in [3.05, 3.63) is 48.3 Å². The normalized spacial score (nSPS) is 17.4. The summed E-state index contributed by atoms with van der Waals surface area (Å²) in [5, 5.41) is 5.50. The molecule has 1 aromatic heterocycles. The van der Waals surface area contributed by atoms with Gasteiger partial charge in [0, 0.05) is 25.2 Å². The molecule has 0 bridgehead atoms. The van der Waals surface area contributed by atoms with Gasteiger partial charge in [-0.05, 0) is 43.5 Å². The summed E-state index contributed by atoms with van der Waals surface area (Å²) in [6.07, 6.45) is 4.38. The first kappa shape index (κ1) is 24.7. The number of rotatable bonds is 6. The third kappa shape index (κ3) is 6.06. The molecule has 9 heteroatoms. The SMILES string of the molecule is CNC(=O)c1cc(Oc2ccccc2NC(=O)[C@@H]2CCC[C@@H]2CN)ccn1.Cl.Cl. The number of aromatic nitrogens is 1. The zero-order chi connectivity index (χ0) is 19.2. The first-order chi connectivity index (χ1) is 13.1. The predicted molar refractivity (Wildman–Crippen MR) is 117 cm³/mol. The summed E-state index contributed by atoms with van der Waals surface area (Å²) < 4.78 is 5.90. The summed E-state index contributed by atoms with van der Waals surface area (Å²) in [5.74, 6) is 0.807. The number of ether oxygens (including phenoxy) is 1. The van der Waals surface area contributed by atoms with Gasteiger partial charge in [-0.2, -0.15) is 0 Å². The Kier molecular flexibility index (Phi) is 9.88. The highest BCUT2D eigenvalue weighted by atomic mass is 35.5. The summed E-state index contributed by atoms with van der Waals surface area (Å²) in [4.78, 5) is 28.4. The summed E-state index contributed by atoms with van der Waals surface area (Å²) in [6.45, 7) is 0.523. The summed E-state index contributed by atoms with van der Waals surface area (Å²) in [7, 11) is 1.54. The molecule has 2 amide bonds. The molecular formula is C20H26Cl2N4O3. The van der Waals surface area contributed by atoms with Crippen LogP contribution in [-0.2, 0) is 4.79 Å². The van der Waals surface area contributed by atoms with E-state index in [1.807, 2.05) is 12.1 Å². The Morgan fingerprint density at radius 3 is 2.69 bits per heavy atom. The number of amides is 2. The van der Waals surface area contributed by atoms with Crippen molar-refractivity contribution in [3.8, 4) is 11.5 Å². The molecule has 1 fully saturated rings. The summed E-state index contributed by atoms with van der Waals surface area (Å²) in [5.41, 5.74) is 6.64. The lowest BCUT2D eigenvalue weighted by molar-refractivity contribution is -0.120. The molecule has 0 spiro atoms. The van der Waals surface area contributed by atoms with Crippen LogP contribution in [0.15, 0.2) is 42.6 Å². The van der Waals surface area contributed by atoms with Gasteiger partial charge >= 0.3 is 0 Å². The van der Waals surface area contributed by atoms with E-state index < -0.39 is 0 Å². The molecule has 29 heavy (non-hydrogen) atoms. The maximum Gasteiger partial charge on any atom is 0.269 e. The van der Waals surface area contributed by atoms with Gasteiger partial charge in [-0.1, -0.05) is 18.6 Å². The van der Waals surface area contributed by atoms with Gasteiger partial charge < -0.3 is 21.1 Å². The Labute approximate surface area is 182 Å². The van der Waals surface area contributed by atoms with Crippen LogP contribution in [0.5, 0.6) is 11.5 Å². The van der Waals surface area contributed by atoms with Crippen molar-refractivity contribution in [1.29, 1.82) is 0 Å².